The van der Waals surface area contributed by atoms with Crippen LogP contribution in [0.2, 0.25) is 0 Å². The zero-order valence-corrected chi connectivity index (χ0v) is 14.5. The summed E-state index contributed by atoms with van der Waals surface area (Å²) in [7, 11) is 1.82. The molecule has 1 heterocycles. The molecule has 0 spiro atoms. The van der Waals surface area contributed by atoms with E-state index in [-0.39, 0.29) is 0 Å². The van der Waals surface area contributed by atoms with Gasteiger partial charge in [0, 0.05) is 31.6 Å². The van der Waals surface area contributed by atoms with Crippen LogP contribution in [0.1, 0.15) is 36.9 Å². The number of benzene rings is 1. The first-order valence-corrected chi connectivity index (χ1v) is 8.73. The highest BCUT2D eigenvalue weighted by atomic mass is 16.3. The van der Waals surface area contributed by atoms with E-state index in [9.17, 15) is 0 Å². The van der Waals surface area contributed by atoms with Crippen LogP contribution in [0, 0.1) is 6.92 Å². The van der Waals surface area contributed by atoms with E-state index in [1.54, 1.807) is 6.26 Å². The zero-order chi connectivity index (χ0) is 16.8. The first kappa shape index (κ1) is 16.6. The summed E-state index contributed by atoms with van der Waals surface area (Å²) in [6.07, 6.45) is 7.66. The molecule has 1 aliphatic carbocycles. The maximum atomic E-state index is 5.60. The fourth-order valence-electron chi connectivity index (χ4n) is 3.02. The Hall–Kier alpha value is -2.30. The van der Waals surface area contributed by atoms with E-state index in [4.69, 9.17) is 4.42 Å². The molecule has 3 rings (SSSR count). The van der Waals surface area contributed by atoms with Gasteiger partial charge in [-0.05, 0) is 31.9 Å². The second-order valence-corrected chi connectivity index (χ2v) is 6.38. The van der Waals surface area contributed by atoms with E-state index >= 15 is 0 Å². The topological polar surface area (TPSA) is 62.5 Å². The molecule has 2 N–H and O–H groups in total. The summed E-state index contributed by atoms with van der Waals surface area (Å²) in [6.45, 7) is 2.86. The monoisotopic (exact) mass is 326 g/mol. The van der Waals surface area contributed by atoms with Gasteiger partial charge in [0.2, 0.25) is 5.89 Å². The lowest BCUT2D eigenvalue weighted by atomic mass is 10.1. The first-order chi connectivity index (χ1) is 11.7. The van der Waals surface area contributed by atoms with Crippen molar-refractivity contribution in [3.05, 3.63) is 41.8 Å². The smallest absolute Gasteiger partial charge is 0.226 e. The Labute approximate surface area is 143 Å². The molecular formula is C19H26N4O. The molecule has 1 saturated carbocycles. The number of rotatable bonds is 5. The highest BCUT2D eigenvalue weighted by Gasteiger charge is 2.15. The number of aryl methyl sites for hydroxylation is 1. The molecule has 0 atom stereocenters. The van der Waals surface area contributed by atoms with Crippen molar-refractivity contribution < 1.29 is 4.42 Å². The number of aromatic nitrogens is 1. The molecule has 0 radical (unpaired) electrons. The van der Waals surface area contributed by atoms with Gasteiger partial charge in [-0.3, -0.25) is 4.99 Å². The van der Waals surface area contributed by atoms with Gasteiger partial charge in [-0.15, -0.1) is 0 Å². The van der Waals surface area contributed by atoms with Crippen molar-refractivity contribution in [3.63, 3.8) is 0 Å². The second kappa shape index (κ2) is 7.99. The van der Waals surface area contributed by atoms with Crippen molar-refractivity contribution in [2.24, 2.45) is 4.99 Å². The first-order valence-electron chi connectivity index (χ1n) is 8.73. The summed E-state index contributed by atoms with van der Waals surface area (Å²) in [5.74, 6) is 1.56. The third kappa shape index (κ3) is 4.37. The average Bonchev–Trinajstić information content (AvgIpc) is 3.26. The van der Waals surface area contributed by atoms with Crippen molar-refractivity contribution in [2.75, 3.05) is 13.6 Å². The molecule has 1 aromatic heterocycles. The van der Waals surface area contributed by atoms with E-state index in [2.05, 4.69) is 39.7 Å². The summed E-state index contributed by atoms with van der Waals surface area (Å²) in [5.41, 5.74) is 3.20. The minimum Gasteiger partial charge on any atom is -0.444 e. The Balaban J connectivity index is 1.49. The van der Waals surface area contributed by atoms with Crippen LogP contribution in [0.15, 0.2) is 39.9 Å². The minimum atomic E-state index is 0.566. The summed E-state index contributed by atoms with van der Waals surface area (Å²) >= 11 is 0. The van der Waals surface area contributed by atoms with Crippen LogP contribution in [0.3, 0.4) is 0 Å². The molecule has 2 aromatic rings. The SMILES string of the molecule is CN=C(NCCc1coc(-c2ccc(C)cc2)n1)NC1CCCC1. The number of guanidine groups is 1. The normalized spacial score (nSPS) is 15.7. The highest BCUT2D eigenvalue weighted by Crippen LogP contribution is 2.19. The number of nitrogens with zero attached hydrogens (tertiary/aromatic N) is 2. The number of oxazole rings is 1. The molecule has 1 aromatic carbocycles. The van der Waals surface area contributed by atoms with Crippen LogP contribution in [0.4, 0.5) is 0 Å². The van der Waals surface area contributed by atoms with E-state index in [0.717, 1.165) is 30.2 Å². The molecule has 5 heteroatoms. The predicted octanol–water partition coefficient (Wildman–Crippen LogP) is 3.30. The molecule has 1 fully saturated rings. The predicted molar refractivity (Wildman–Crippen MR) is 97.1 cm³/mol. The summed E-state index contributed by atoms with van der Waals surface area (Å²) in [5, 5.41) is 6.84. The van der Waals surface area contributed by atoms with Gasteiger partial charge in [-0.25, -0.2) is 4.98 Å². The number of hydrogen-bond donors (Lipinski definition) is 2. The van der Waals surface area contributed by atoms with Gasteiger partial charge in [0.1, 0.15) is 6.26 Å². The number of hydrogen-bond acceptors (Lipinski definition) is 3. The number of aliphatic imine (C=N–C) groups is 1. The van der Waals surface area contributed by atoms with Crippen LogP contribution in [-0.4, -0.2) is 30.6 Å². The highest BCUT2D eigenvalue weighted by molar-refractivity contribution is 5.79. The molecular weight excluding hydrogens is 300 g/mol. The van der Waals surface area contributed by atoms with Gasteiger partial charge in [-0.2, -0.15) is 0 Å². The molecule has 0 amide bonds. The molecule has 1 aliphatic rings. The lowest BCUT2D eigenvalue weighted by molar-refractivity contribution is 0.572. The second-order valence-electron chi connectivity index (χ2n) is 6.38. The Morgan fingerprint density at radius 3 is 2.71 bits per heavy atom. The van der Waals surface area contributed by atoms with Gasteiger partial charge in [0.15, 0.2) is 5.96 Å². The Kier molecular flexibility index (Phi) is 5.51. The molecule has 0 saturated heterocycles. The molecule has 0 aliphatic heterocycles. The minimum absolute atomic E-state index is 0.566. The standard InChI is InChI=1S/C19H26N4O/c1-14-7-9-15(10-8-14)18-22-17(13-24-18)11-12-21-19(20-2)23-16-5-3-4-6-16/h7-10,13,16H,3-6,11-12H2,1-2H3,(H2,20,21,23). The van der Waals surface area contributed by atoms with E-state index < -0.39 is 0 Å². The quantitative estimate of drug-likeness (QED) is 0.654. The van der Waals surface area contributed by atoms with Gasteiger partial charge in [-0.1, -0.05) is 30.5 Å². The Bertz CT molecular complexity index is 669. The summed E-state index contributed by atoms with van der Waals surface area (Å²) < 4.78 is 5.60. The molecule has 5 nitrogen and oxygen atoms in total. The third-order valence-corrected chi connectivity index (χ3v) is 4.44. The van der Waals surface area contributed by atoms with E-state index in [1.807, 2.05) is 19.2 Å². The van der Waals surface area contributed by atoms with Crippen molar-refractivity contribution >= 4 is 5.96 Å². The number of nitrogens with one attached hydrogen (secondary N) is 2. The van der Waals surface area contributed by atoms with Gasteiger partial charge in [0.25, 0.3) is 0 Å². The fraction of sp³-hybridized carbons (Fsp3) is 0.474. The Morgan fingerprint density at radius 1 is 1.25 bits per heavy atom. The maximum Gasteiger partial charge on any atom is 0.226 e. The molecule has 24 heavy (non-hydrogen) atoms. The van der Waals surface area contributed by atoms with Crippen LogP contribution in [0.5, 0.6) is 0 Å². The molecule has 0 bridgehead atoms. The molecule has 0 unspecified atom stereocenters. The van der Waals surface area contributed by atoms with Crippen molar-refractivity contribution in [1.82, 2.24) is 15.6 Å². The largest absolute Gasteiger partial charge is 0.444 e. The Morgan fingerprint density at radius 2 is 2.00 bits per heavy atom. The third-order valence-electron chi connectivity index (χ3n) is 4.44. The van der Waals surface area contributed by atoms with E-state index in [0.29, 0.717) is 11.9 Å². The van der Waals surface area contributed by atoms with Crippen LogP contribution in [0.25, 0.3) is 11.5 Å². The molecule has 128 valence electrons. The average molecular weight is 326 g/mol. The zero-order valence-electron chi connectivity index (χ0n) is 14.5. The van der Waals surface area contributed by atoms with Crippen LogP contribution >= 0.6 is 0 Å². The lowest BCUT2D eigenvalue weighted by Crippen LogP contribution is -2.43. The maximum absolute atomic E-state index is 5.60. The summed E-state index contributed by atoms with van der Waals surface area (Å²) in [4.78, 5) is 8.86. The van der Waals surface area contributed by atoms with Gasteiger partial charge in [0.05, 0.1) is 5.69 Å². The van der Waals surface area contributed by atoms with Crippen molar-refractivity contribution in [1.29, 1.82) is 0 Å². The van der Waals surface area contributed by atoms with Crippen LogP contribution < -0.4 is 10.6 Å². The van der Waals surface area contributed by atoms with E-state index in [1.165, 1.54) is 31.2 Å². The van der Waals surface area contributed by atoms with Gasteiger partial charge < -0.3 is 15.1 Å². The fourth-order valence-corrected chi connectivity index (χ4v) is 3.02. The van der Waals surface area contributed by atoms with Crippen molar-refractivity contribution in [3.8, 4) is 11.5 Å². The van der Waals surface area contributed by atoms with Crippen LogP contribution in [-0.2, 0) is 6.42 Å². The lowest BCUT2D eigenvalue weighted by Gasteiger charge is -2.16. The summed E-state index contributed by atoms with van der Waals surface area (Å²) in [6, 6.07) is 8.78. The van der Waals surface area contributed by atoms with Crippen molar-refractivity contribution in [2.45, 2.75) is 45.1 Å². The van der Waals surface area contributed by atoms with Gasteiger partial charge >= 0.3 is 0 Å².